The number of nitrogens with two attached hydrogens (primary N) is 1. The Morgan fingerprint density at radius 1 is 1.28 bits per heavy atom. The highest BCUT2D eigenvalue weighted by Crippen LogP contribution is 2.39. The van der Waals surface area contributed by atoms with E-state index in [4.69, 9.17) is 5.73 Å². The van der Waals surface area contributed by atoms with Crippen LogP contribution in [-0.2, 0) is 0 Å². The number of hydrogen-bond donors (Lipinski definition) is 1. The highest BCUT2D eigenvalue weighted by molar-refractivity contribution is 6.03. The Hall–Kier alpha value is -1.98. The van der Waals surface area contributed by atoms with Crippen molar-refractivity contribution in [2.45, 2.75) is 24.9 Å². The minimum absolute atomic E-state index is 0.00805. The molecule has 1 aromatic carbocycles. The van der Waals surface area contributed by atoms with Crippen molar-refractivity contribution in [2.24, 2.45) is 10.7 Å². The summed E-state index contributed by atoms with van der Waals surface area (Å²) in [6.45, 7) is 0. The van der Waals surface area contributed by atoms with Gasteiger partial charge in [-0.25, -0.2) is 13.6 Å². The number of amidine groups is 1. The number of amides is 2. The summed E-state index contributed by atoms with van der Waals surface area (Å²) in [5, 5.41) is 0. The molecule has 18 heavy (non-hydrogen) atoms. The normalized spacial score (nSPS) is 23.4. The second kappa shape index (κ2) is 3.76. The molecule has 1 fully saturated rings. The van der Waals surface area contributed by atoms with Gasteiger partial charge in [0.15, 0.2) is 0 Å². The van der Waals surface area contributed by atoms with Gasteiger partial charge in [-0.2, -0.15) is 4.99 Å². The third-order valence-electron chi connectivity index (χ3n) is 3.22. The first-order valence-electron chi connectivity index (χ1n) is 5.70. The molecule has 0 spiro atoms. The monoisotopic (exact) mass is 251 g/mol. The summed E-state index contributed by atoms with van der Waals surface area (Å²) < 4.78 is 27.5. The van der Waals surface area contributed by atoms with Crippen molar-refractivity contribution in [1.29, 1.82) is 0 Å². The molecule has 1 aliphatic heterocycles. The lowest BCUT2D eigenvalue weighted by Crippen LogP contribution is -2.36. The van der Waals surface area contributed by atoms with Crippen molar-refractivity contribution in [3.63, 3.8) is 0 Å². The van der Waals surface area contributed by atoms with Gasteiger partial charge in [-0.1, -0.05) is 6.07 Å². The van der Waals surface area contributed by atoms with Gasteiger partial charge in [0.2, 0.25) is 0 Å². The van der Waals surface area contributed by atoms with Crippen molar-refractivity contribution in [3.05, 3.63) is 35.4 Å². The van der Waals surface area contributed by atoms with Crippen LogP contribution in [0.4, 0.5) is 13.6 Å². The predicted molar refractivity (Wildman–Crippen MR) is 61.0 cm³/mol. The second-order valence-electron chi connectivity index (χ2n) is 4.50. The molecule has 0 saturated heterocycles. The Kier molecular flexibility index (Phi) is 2.33. The molecule has 1 unspecified atom stereocenters. The van der Waals surface area contributed by atoms with Crippen LogP contribution in [0.1, 0.15) is 24.4 Å². The zero-order chi connectivity index (χ0) is 12.9. The van der Waals surface area contributed by atoms with Crippen molar-refractivity contribution < 1.29 is 13.6 Å². The molecule has 3 rings (SSSR count). The fourth-order valence-electron chi connectivity index (χ4n) is 2.26. The number of benzene rings is 1. The Balaban J connectivity index is 2.09. The van der Waals surface area contributed by atoms with Gasteiger partial charge < -0.3 is 10.6 Å². The molecule has 2 N–H and O–H groups in total. The average molecular weight is 251 g/mol. The lowest BCUT2D eigenvalue weighted by Gasteiger charge is -2.24. The lowest BCUT2D eigenvalue weighted by molar-refractivity contribution is 0.201. The summed E-state index contributed by atoms with van der Waals surface area (Å²) >= 11 is 0. The molecule has 94 valence electrons. The van der Waals surface area contributed by atoms with Crippen LogP contribution in [0.5, 0.6) is 0 Å². The molecule has 1 aromatic rings. The van der Waals surface area contributed by atoms with Crippen molar-refractivity contribution in [1.82, 2.24) is 4.90 Å². The Morgan fingerprint density at radius 2 is 1.89 bits per heavy atom. The van der Waals surface area contributed by atoms with Crippen LogP contribution < -0.4 is 5.73 Å². The van der Waals surface area contributed by atoms with E-state index in [0.29, 0.717) is 0 Å². The van der Waals surface area contributed by atoms with Crippen LogP contribution in [0.15, 0.2) is 23.2 Å². The first-order valence-corrected chi connectivity index (χ1v) is 5.70. The predicted octanol–water partition coefficient (Wildman–Crippen LogP) is 1.96. The van der Waals surface area contributed by atoms with Crippen molar-refractivity contribution >= 4 is 11.9 Å². The summed E-state index contributed by atoms with van der Waals surface area (Å²) in [5.41, 5.74) is 5.45. The molecular weight excluding hydrogens is 240 g/mol. The molecule has 2 aliphatic rings. The molecule has 4 nitrogen and oxygen atoms in total. The summed E-state index contributed by atoms with van der Waals surface area (Å²) in [6, 6.07) is 2.15. The van der Waals surface area contributed by atoms with E-state index in [1.807, 2.05) is 0 Å². The maximum atomic E-state index is 13.8. The fraction of sp³-hybridized carbons (Fsp3) is 0.333. The fourth-order valence-corrected chi connectivity index (χ4v) is 2.26. The molecular formula is C12H11F2N3O. The van der Waals surface area contributed by atoms with Gasteiger partial charge in [0.1, 0.15) is 23.5 Å². The summed E-state index contributed by atoms with van der Waals surface area (Å²) in [6.07, 6.45) is 1.64. The minimum Gasteiger partial charge on any atom is -0.385 e. The molecule has 0 bridgehead atoms. The molecule has 1 saturated carbocycles. The minimum atomic E-state index is -0.911. The van der Waals surface area contributed by atoms with E-state index >= 15 is 0 Å². The quantitative estimate of drug-likeness (QED) is 0.873. The van der Waals surface area contributed by atoms with Crippen molar-refractivity contribution in [3.8, 4) is 0 Å². The van der Waals surface area contributed by atoms with E-state index < -0.39 is 23.7 Å². The lowest BCUT2D eigenvalue weighted by atomic mass is 10.0. The maximum absolute atomic E-state index is 13.8. The highest BCUT2D eigenvalue weighted by Gasteiger charge is 2.45. The molecule has 2 amide bonds. The Labute approximate surface area is 102 Å². The summed E-state index contributed by atoms with van der Waals surface area (Å²) in [5.74, 6) is -1.46. The number of carbonyl (C=O) groups is 1. The zero-order valence-electron chi connectivity index (χ0n) is 9.44. The van der Waals surface area contributed by atoms with Gasteiger partial charge in [0, 0.05) is 6.04 Å². The molecule has 1 atom stereocenters. The van der Waals surface area contributed by atoms with Crippen LogP contribution in [0.3, 0.4) is 0 Å². The van der Waals surface area contributed by atoms with E-state index in [0.717, 1.165) is 25.0 Å². The third-order valence-corrected chi connectivity index (χ3v) is 3.22. The van der Waals surface area contributed by atoms with Crippen LogP contribution in [0, 0.1) is 11.6 Å². The number of urea groups is 1. The first kappa shape index (κ1) is 11.1. The second-order valence-corrected chi connectivity index (χ2v) is 4.50. The van der Waals surface area contributed by atoms with E-state index in [9.17, 15) is 13.6 Å². The largest absolute Gasteiger partial charge is 0.385 e. The number of rotatable bonds is 2. The van der Waals surface area contributed by atoms with Crippen LogP contribution in [-0.4, -0.2) is 22.8 Å². The molecule has 1 heterocycles. The van der Waals surface area contributed by atoms with Gasteiger partial charge >= 0.3 is 6.03 Å². The topological polar surface area (TPSA) is 58.7 Å². The smallest absolute Gasteiger partial charge is 0.346 e. The van der Waals surface area contributed by atoms with E-state index in [2.05, 4.69) is 4.99 Å². The van der Waals surface area contributed by atoms with Gasteiger partial charge in [-0.15, -0.1) is 0 Å². The SMILES string of the molecule is NC1=NC(=O)N(C2CC2)C1c1c(F)cccc1F. The number of hydrogen-bond acceptors (Lipinski definition) is 2. The van der Waals surface area contributed by atoms with Gasteiger partial charge in [-0.3, -0.25) is 0 Å². The van der Waals surface area contributed by atoms with E-state index in [1.54, 1.807) is 0 Å². The van der Waals surface area contributed by atoms with E-state index in [-0.39, 0.29) is 17.4 Å². The number of halogens is 2. The van der Waals surface area contributed by atoms with E-state index in [1.165, 1.54) is 11.0 Å². The van der Waals surface area contributed by atoms with Crippen LogP contribution in [0.2, 0.25) is 0 Å². The van der Waals surface area contributed by atoms with Crippen LogP contribution in [0.25, 0.3) is 0 Å². The average Bonchev–Trinajstić information content (AvgIpc) is 3.07. The summed E-state index contributed by atoms with van der Waals surface area (Å²) in [7, 11) is 0. The Morgan fingerprint density at radius 3 is 2.44 bits per heavy atom. The third kappa shape index (κ3) is 1.56. The first-order chi connectivity index (χ1) is 8.59. The zero-order valence-corrected chi connectivity index (χ0v) is 9.44. The van der Waals surface area contributed by atoms with Crippen molar-refractivity contribution in [2.75, 3.05) is 0 Å². The number of nitrogens with zero attached hydrogens (tertiary/aromatic N) is 2. The maximum Gasteiger partial charge on any atom is 0.346 e. The van der Waals surface area contributed by atoms with Gasteiger partial charge in [-0.05, 0) is 25.0 Å². The molecule has 6 heteroatoms. The number of aliphatic imine (C=N–C) groups is 1. The van der Waals surface area contributed by atoms with Crippen LogP contribution >= 0.6 is 0 Å². The highest BCUT2D eigenvalue weighted by atomic mass is 19.1. The summed E-state index contributed by atoms with van der Waals surface area (Å²) in [4.78, 5) is 16.7. The van der Waals surface area contributed by atoms with Gasteiger partial charge in [0.05, 0.1) is 5.56 Å². The molecule has 1 aliphatic carbocycles. The molecule has 0 aromatic heterocycles. The Bertz CT molecular complexity index is 534. The number of carbonyl (C=O) groups excluding carboxylic acids is 1. The van der Waals surface area contributed by atoms with Gasteiger partial charge in [0.25, 0.3) is 0 Å². The standard InChI is InChI=1S/C12H11F2N3O/c13-7-2-1-3-8(14)9(7)10-11(15)16-12(18)17(10)6-4-5-6/h1-3,6,10H,4-5H2,(H2,15,16,18). The molecule has 0 radical (unpaired) electrons.